The van der Waals surface area contributed by atoms with E-state index in [1.165, 1.54) is 16.5 Å². The molecule has 2 atom stereocenters. The summed E-state index contributed by atoms with van der Waals surface area (Å²) in [6.45, 7) is 7.15. The molecule has 1 aromatic carbocycles. The van der Waals surface area contributed by atoms with E-state index in [0.717, 1.165) is 29.0 Å². The van der Waals surface area contributed by atoms with E-state index in [1.807, 2.05) is 34.9 Å². The van der Waals surface area contributed by atoms with Gasteiger partial charge in [0.25, 0.3) is 5.56 Å². The third-order valence-corrected chi connectivity index (χ3v) is 5.64. The topological polar surface area (TPSA) is 75.5 Å². The minimum atomic E-state index is -0.362. The fraction of sp³-hybridized carbons (Fsp3) is 0.476. The summed E-state index contributed by atoms with van der Waals surface area (Å²) < 4.78 is 10.5. The standard InChI is InChI=1S/C21H27N5O3/c1-14-10-25(11-15(2)29-14)13-17-22-19-18(20(27)24(4)21(28)23(19)3)26(17)12-16-8-6-5-7-9-16/h5-9,14-15H,10-13H2,1-4H3/p+1/t14-,15-/m1/s1. The number of morpholine rings is 1. The summed E-state index contributed by atoms with van der Waals surface area (Å²) in [5, 5.41) is 0. The molecule has 1 aliphatic heterocycles. The highest BCUT2D eigenvalue weighted by molar-refractivity contribution is 5.71. The number of fused-ring (bicyclic) bond motifs is 1. The molecule has 154 valence electrons. The van der Waals surface area contributed by atoms with Gasteiger partial charge in [0.2, 0.25) is 0 Å². The van der Waals surface area contributed by atoms with Crippen LogP contribution in [0.15, 0.2) is 39.9 Å². The van der Waals surface area contributed by atoms with Crippen molar-refractivity contribution in [1.82, 2.24) is 18.7 Å². The highest BCUT2D eigenvalue weighted by Crippen LogP contribution is 2.14. The van der Waals surface area contributed by atoms with Crippen LogP contribution in [-0.4, -0.2) is 44.0 Å². The van der Waals surface area contributed by atoms with Gasteiger partial charge in [-0.3, -0.25) is 13.9 Å². The zero-order chi connectivity index (χ0) is 20.7. The summed E-state index contributed by atoms with van der Waals surface area (Å²) in [7, 11) is 3.18. The number of ether oxygens (including phenoxy) is 1. The Morgan fingerprint density at radius 3 is 2.38 bits per heavy atom. The summed E-state index contributed by atoms with van der Waals surface area (Å²) in [5.41, 5.74) is 1.33. The van der Waals surface area contributed by atoms with E-state index in [2.05, 4.69) is 13.8 Å². The molecule has 0 radical (unpaired) electrons. The maximum absolute atomic E-state index is 13.0. The maximum atomic E-state index is 13.0. The van der Waals surface area contributed by atoms with Crippen LogP contribution in [0.1, 0.15) is 25.2 Å². The van der Waals surface area contributed by atoms with Crippen LogP contribution < -0.4 is 16.1 Å². The summed E-state index contributed by atoms with van der Waals surface area (Å²) in [6.07, 6.45) is 0.357. The van der Waals surface area contributed by atoms with Gasteiger partial charge in [-0.05, 0) is 19.4 Å². The normalized spacial score (nSPS) is 22.3. The van der Waals surface area contributed by atoms with Gasteiger partial charge in [-0.2, -0.15) is 0 Å². The zero-order valence-corrected chi connectivity index (χ0v) is 17.4. The molecule has 0 bridgehead atoms. The number of benzene rings is 1. The molecule has 0 unspecified atom stereocenters. The van der Waals surface area contributed by atoms with Crippen molar-refractivity contribution in [2.45, 2.75) is 39.1 Å². The van der Waals surface area contributed by atoms with E-state index in [4.69, 9.17) is 9.72 Å². The van der Waals surface area contributed by atoms with Crippen LogP contribution in [0.3, 0.4) is 0 Å². The average Bonchev–Trinajstić information content (AvgIpc) is 3.03. The van der Waals surface area contributed by atoms with Gasteiger partial charge in [-0.15, -0.1) is 0 Å². The minimum Gasteiger partial charge on any atom is -0.364 e. The van der Waals surface area contributed by atoms with E-state index < -0.39 is 0 Å². The summed E-state index contributed by atoms with van der Waals surface area (Å²) >= 11 is 0. The number of nitrogens with zero attached hydrogens (tertiary/aromatic N) is 4. The minimum absolute atomic E-state index is 0.179. The second-order valence-corrected chi connectivity index (χ2v) is 8.07. The molecule has 8 heteroatoms. The first-order chi connectivity index (χ1) is 13.8. The Labute approximate surface area is 169 Å². The molecule has 0 saturated carbocycles. The van der Waals surface area contributed by atoms with Gasteiger partial charge in [0.05, 0.1) is 0 Å². The van der Waals surface area contributed by atoms with Crippen molar-refractivity contribution in [2.75, 3.05) is 13.1 Å². The number of quaternary nitrogens is 1. The number of imidazole rings is 1. The van der Waals surface area contributed by atoms with Gasteiger partial charge >= 0.3 is 5.69 Å². The van der Waals surface area contributed by atoms with Crippen LogP contribution in [0.4, 0.5) is 0 Å². The SMILES string of the molecule is C[C@@H]1C[NH+](Cc2nc3c(c(=O)n(C)c(=O)n3C)n2Cc2ccccc2)C[C@@H](C)O1. The molecule has 29 heavy (non-hydrogen) atoms. The van der Waals surface area contributed by atoms with E-state index in [9.17, 15) is 9.59 Å². The van der Waals surface area contributed by atoms with Gasteiger partial charge in [0.15, 0.2) is 17.0 Å². The van der Waals surface area contributed by atoms with Gasteiger partial charge < -0.3 is 14.2 Å². The molecular weight excluding hydrogens is 370 g/mol. The van der Waals surface area contributed by atoms with Crippen LogP contribution in [0.25, 0.3) is 11.2 Å². The Kier molecular flexibility index (Phi) is 5.14. The Morgan fingerprint density at radius 1 is 1.07 bits per heavy atom. The van der Waals surface area contributed by atoms with E-state index in [0.29, 0.717) is 24.3 Å². The average molecular weight is 398 g/mol. The van der Waals surface area contributed by atoms with E-state index >= 15 is 0 Å². The van der Waals surface area contributed by atoms with Crippen LogP contribution in [0.2, 0.25) is 0 Å². The molecule has 1 aliphatic rings. The van der Waals surface area contributed by atoms with Crippen molar-refractivity contribution in [1.29, 1.82) is 0 Å². The molecule has 1 fully saturated rings. The van der Waals surface area contributed by atoms with Crippen molar-refractivity contribution < 1.29 is 9.64 Å². The third kappa shape index (κ3) is 3.65. The first kappa shape index (κ1) is 19.6. The molecule has 4 rings (SSSR count). The number of rotatable bonds is 4. The molecule has 0 amide bonds. The Hall–Kier alpha value is -2.71. The molecule has 3 heterocycles. The van der Waals surface area contributed by atoms with E-state index in [-0.39, 0.29) is 23.5 Å². The maximum Gasteiger partial charge on any atom is 0.332 e. The van der Waals surface area contributed by atoms with Gasteiger partial charge in [-0.25, -0.2) is 9.78 Å². The Balaban J connectivity index is 1.85. The number of aryl methyl sites for hydroxylation is 1. The molecule has 2 aromatic heterocycles. The van der Waals surface area contributed by atoms with Gasteiger partial charge in [-0.1, -0.05) is 30.3 Å². The molecule has 1 saturated heterocycles. The highest BCUT2D eigenvalue weighted by Gasteiger charge is 2.28. The van der Waals surface area contributed by atoms with Crippen molar-refractivity contribution >= 4 is 11.2 Å². The molecule has 1 N–H and O–H groups in total. The summed E-state index contributed by atoms with van der Waals surface area (Å²) in [5.74, 6) is 0.818. The lowest BCUT2D eigenvalue weighted by Gasteiger charge is -2.32. The van der Waals surface area contributed by atoms with Crippen LogP contribution >= 0.6 is 0 Å². The van der Waals surface area contributed by atoms with Crippen molar-refractivity contribution in [3.8, 4) is 0 Å². The second kappa shape index (κ2) is 7.61. The lowest BCUT2D eigenvalue weighted by molar-refractivity contribution is -0.929. The summed E-state index contributed by atoms with van der Waals surface area (Å²) in [4.78, 5) is 31.5. The number of hydrogen-bond acceptors (Lipinski definition) is 4. The molecular formula is C21H28N5O3+. The third-order valence-electron chi connectivity index (χ3n) is 5.64. The van der Waals surface area contributed by atoms with Crippen LogP contribution in [-0.2, 0) is 31.9 Å². The zero-order valence-electron chi connectivity index (χ0n) is 17.4. The van der Waals surface area contributed by atoms with Crippen molar-refractivity contribution in [3.63, 3.8) is 0 Å². The molecule has 8 nitrogen and oxygen atoms in total. The predicted octanol–water partition coefficient (Wildman–Crippen LogP) is -0.326. The lowest BCUT2D eigenvalue weighted by atomic mass is 10.2. The van der Waals surface area contributed by atoms with E-state index in [1.54, 1.807) is 7.05 Å². The van der Waals surface area contributed by atoms with Gasteiger partial charge in [0, 0.05) is 20.6 Å². The first-order valence-corrected chi connectivity index (χ1v) is 10.0. The second-order valence-electron chi connectivity index (χ2n) is 8.07. The number of hydrogen-bond donors (Lipinski definition) is 1. The number of nitrogens with one attached hydrogen (secondary N) is 1. The monoisotopic (exact) mass is 398 g/mol. The fourth-order valence-corrected chi connectivity index (χ4v) is 4.32. The summed E-state index contributed by atoms with van der Waals surface area (Å²) in [6, 6.07) is 10.0. The molecule has 0 spiro atoms. The fourth-order valence-electron chi connectivity index (χ4n) is 4.32. The smallest absolute Gasteiger partial charge is 0.332 e. The van der Waals surface area contributed by atoms with Gasteiger partial charge in [0.1, 0.15) is 31.8 Å². The first-order valence-electron chi connectivity index (χ1n) is 10.0. The molecule has 0 aliphatic carbocycles. The lowest BCUT2D eigenvalue weighted by Crippen LogP contribution is -3.14. The predicted molar refractivity (Wildman–Crippen MR) is 110 cm³/mol. The Bertz CT molecular complexity index is 1140. The largest absolute Gasteiger partial charge is 0.364 e. The number of aromatic nitrogens is 4. The quantitative estimate of drug-likeness (QED) is 0.653. The molecule has 3 aromatic rings. The highest BCUT2D eigenvalue weighted by atomic mass is 16.5. The Morgan fingerprint density at radius 2 is 1.72 bits per heavy atom. The van der Waals surface area contributed by atoms with Crippen molar-refractivity contribution in [3.05, 3.63) is 62.6 Å². The van der Waals surface area contributed by atoms with Crippen molar-refractivity contribution in [2.24, 2.45) is 14.1 Å². The van der Waals surface area contributed by atoms with Crippen LogP contribution in [0, 0.1) is 0 Å². The van der Waals surface area contributed by atoms with Crippen LogP contribution in [0.5, 0.6) is 0 Å².